The van der Waals surface area contributed by atoms with E-state index < -0.39 is 0 Å². The Morgan fingerprint density at radius 2 is 2.17 bits per heavy atom. The molecule has 1 atom stereocenters. The first-order chi connectivity index (χ1) is 8.74. The molecule has 94 valence electrons. The third kappa shape index (κ3) is 2.24. The molecule has 0 amide bonds. The normalized spacial score (nSPS) is 16.7. The van der Waals surface area contributed by atoms with Crippen LogP contribution in [0.15, 0.2) is 30.5 Å². The van der Waals surface area contributed by atoms with E-state index in [4.69, 9.17) is 0 Å². The molecule has 1 aliphatic rings. The quantitative estimate of drug-likeness (QED) is 0.770. The number of hydrogen-bond donors (Lipinski definition) is 3. The smallest absolute Gasteiger partial charge is 0.134 e. The number of rotatable bonds is 4. The highest BCUT2D eigenvalue weighted by molar-refractivity contribution is 5.92. The Hall–Kier alpha value is -1.81. The molecule has 0 bridgehead atoms. The summed E-state index contributed by atoms with van der Waals surface area (Å²) in [6, 6.07) is 7.10. The number of phenols is 1. The molecule has 0 spiro atoms. The van der Waals surface area contributed by atoms with Crippen LogP contribution in [-0.4, -0.2) is 27.8 Å². The van der Waals surface area contributed by atoms with Crippen molar-refractivity contribution in [2.45, 2.75) is 18.9 Å². The van der Waals surface area contributed by atoms with Gasteiger partial charge in [-0.25, -0.2) is 4.98 Å². The van der Waals surface area contributed by atoms with Crippen LogP contribution in [0.2, 0.25) is 0 Å². The van der Waals surface area contributed by atoms with Gasteiger partial charge < -0.3 is 15.5 Å². The average molecular weight is 244 g/mol. The zero-order chi connectivity index (χ0) is 12.5. The highest BCUT2D eigenvalue weighted by Gasteiger charge is 2.29. The largest absolute Gasteiger partial charge is 0.508 e. The molecule has 0 saturated heterocycles. The van der Waals surface area contributed by atoms with Gasteiger partial charge in [0.25, 0.3) is 0 Å². The van der Waals surface area contributed by atoms with E-state index in [1.54, 1.807) is 18.3 Å². The van der Waals surface area contributed by atoms with Gasteiger partial charge in [0.2, 0.25) is 0 Å². The van der Waals surface area contributed by atoms with Gasteiger partial charge in [-0.1, -0.05) is 6.07 Å². The monoisotopic (exact) mass is 244 g/mol. The third-order valence-corrected chi connectivity index (χ3v) is 3.39. The Kier molecular flexibility index (Phi) is 2.80. The molecule has 0 radical (unpaired) electrons. The number of aliphatic hydroxyl groups excluding tert-OH is 1. The fraction of sp³-hybridized carbons (Fsp3) is 0.357. The first-order valence-electron chi connectivity index (χ1n) is 6.24. The molecule has 3 rings (SSSR count). The third-order valence-electron chi connectivity index (χ3n) is 3.39. The van der Waals surface area contributed by atoms with Crippen molar-refractivity contribution in [3.05, 3.63) is 30.5 Å². The highest BCUT2D eigenvalue weighted by Crippen LogP contribution is 2.33. The van der Waals surface area contributed by atoms with E-state index in [9.17, 15) is 10.2 Å². The van der Waals surface area contributed by atoms with Gasteiger partial charge >= 0.3 is 0 Å². The molecule has 0 aliphatic heterocycles. The van der Waals surface area contributed by atoms with E-state index >= 15 is 0 Å². The lowest BCUT2D eigenvalue weighted by Crippen LogP contribution is -2.21. The summed E-state index contributed by atoms with van der Waals surface area (Å²) in [4.78, 5) is 4.27. The Labute approximate surface area is 105 Å². The van der Waals surface area contributed by atoms with Crippen LogP contribution in [-0.2, 0) is 0 Å². The second kappa shape index (κ2) is 4.46. The van der Waals surface area contributed by atoms with Gasteiger partial charge in [0.1, 0.15) is 11.6 Å². The number of anilines is 1. The molecular formula is C14H16N2O2. The van der Waals surface area contributed by atoms with Crippen LogP contribution in [0.3, 0.4) is 0 Å². The number of aromatic nitrogens is 1. The van der Waals surface area contributed by atoms with E-state index in [2.05, 4.69) is 10.3 Å². The summed E-state index contributed by atoms with van der Waals surface area (Å²) >= 11 is 0. The van der Waals surface area contributed by atoms with Crippen molar-refractivity contribution in [1.82, 2.24) is 4.98 Å². The Morgan fingerprint density at radius 3 is 2.94 bits per heavy atom. The summed E-state index contributed by atoms with van der Waals surface area (Å²) in [6.07, 6.45) is 3.66. The second-order valence-corrected chi connectivity index (χ2v) is 4.85. The minimum absolute atomic E-state index is 0.223. The summed E-state index contributed by atoms with van der Waals surface area (Å²) in [6.45, 7) is 0.506. The molecule has 1 heterocycles. The van der Waals surface area contributed by atoms with Gasteiger partial charge in [-0.3, -0.25) is 0 Å². The Balaban J connectivity index is 1.83. The van der Waals surface area contributed by atoms with Crippen LogP contribution in [0.4, 0.5) is 5.82 Å². The van der Waals surface area contributed by atoms with Crippen LogP contribution in [0.5, 0.6) is 5.75 Å². The standard InChI is InChI=1S/C14H16N2O2/c17-11-4-3-9-5-6-15-14(12(9)7-11)16-8-13(18)10-1-2-10/h3-7,10,13,17-18H,1-2,8H2,(H,15,16). The topological polar surface area (TPSA) is 65.4 Å². The molecule has 1 unspecified atom stereocenters. The number of fused-ring (bicyclic) bond motifs is 1. The lowest BCUT2D eigenvalue weighted by atomic mass is 10.1. The first kappa shape index (κ1) is 11.3. The number of nitrogens with zero attached hydrogens (tertiary/aromatic N) is 1. The van der Waals surface area contributed by atoms with Crippen molar-refractivity contribution in [2.75, 3.05) is 11.9 Å². The SMILES string of the molecule is Oc1ccc2ccnc(NCC(O)C3CC3)c2c1. The number of pyridine rings is 1. The molecular weight excluding hydrogens is 228 g/mol. The number of nitrogens with one attached hydrogen (secondary N) is 1. The highest BCUT2D eigenvalue weighted by atomic mass is 16.3. The summed E-state index contributed by atoms with van der Waals surface area (Å²) in [5.74, 6) is 1.38. The van der Waals surface area contributed by atoms with E-state index in [0.29, 0.717) is 18.3 Å². The minimum atomic E-state index is -0.306. The lowest BCUT2D eigenvalue weighted by Gasteiger charge is -2.12. The fourth-order valence-electron chi connectivity index (χ4n) is 2.15. The molecule has 1 aromatic heterocycles. The molecule has 3 N–H and O–H groups in total. The van der Waals surface area contributed by atoms with E-state index in [1.165, 1.54) is 0 Å². The summed E-state index contributed by atoms with van der Waals surface area (Å²) in [5.41, 5.74) is 0. The number of aliphatic hydroxyl groups is 1. The molecule has 1 saturated carbocycles. The van der Waals surface area contributed by atoms with Crippen LogP contribution in [0, 0.1) is 5.92 Å². The first-order valence-corrected chi connectivity index (χ1v) is 6.24. The second-order valence-electron chi connectivity index (χ2n) is 4.85. The molecule has 1 aliphatic carbocycles. The zero-order valence-corrected chi connectivity index (χ0v) is 10.0. The van der Waals surface area contributed by atoms with Gasteiger partial charge in [-0.2, -0.15) is 0 Å². The van der Waals surface area contributed by atoms with Gasteiger partial charge in [0, 0.05) is 18.1 Å². The summed E-state index contributed by atoms with van der Waals surface area (Å²) < 4.78 is 0. The van der Waals surface area contributed by atoms with Crippen molar-refractivity contribution >= 4 is 16.6 Å². The fourth-order valence-corrected chi connectivity index (χ4v) is 2.15. The number of phenolic OH excluding ortho intramolecular Hbond substituents is 1. The lowest BCUT2D eigenvalue weighted by molar-refractivity contribution is 0.164. The number of hydrogen-bond acceptors (Lipinski definition) is 4. The summed E-state index contributed by atoms with van der Waals surface area (Å²) in [7, 11) is 0. The predicted molar refractivity (Wildman–Crippen MR) is 70.6 cm³/mol. The summed E-state index contributed by atoms with van der Waals surface area (Å²) in [5, 5.41) is 24.4. The van der Waals surface area contributed by atoms with E-state index in [-0.39, 0.29) is 11.9 Å². The van der Waals surface area contributed by atoms with Gasteiger partial charge in [-0.15, -0.1) is 0 Å². The van der Waals surface area contributed by atoms with Crippen molar-refractivity contribution in [1.29, 1.82) is 0 Å². The van der Waals surface area contributed by atoms with Crippen LogP contribution >= 0.6 is 0 Å². The van der Waals surface area contributed by atoms with Crippen LogP contribution in [0.1, 0.15) is 12.8 Å². The van der Waals surface area contributed by atoms with Crippen LogP contribution in [0.25, 0.3) is 10.8 Å². The molecule has 1 aromatic carbocycles. The Morgan fingerprint density at radius 1 is 1.33 bits per heavy atom. The number of benzene rings is 1. The van der Waals surface area contributed by atoms with Gasteiger partial charge in [0.15, 0.2) is 0 Å². The van der Waals surface area contributed by atoms with E-state index in [0.717, 1.165) is 23.6 Å². The van der Waals surface area contributed by atoms with Crippen LogP contribution < -0.4 is 5.32 Å². The molecule has 1 fully saturated rings. The molecule has 18 heavy (non-hydrogen) atoms. The zero-order valence-electron chi connectivity index (χ0n) is 10.0. The van der Waals surface area contributed by atoms with Gasteiger partial charge in [0.05, 0.1) is 6.10 Å². The van der Waals surface area contributed by atoms with Crippen molar-refractivity contribution in [3.63, 3.8) is 0 Å². The maximum absolute atomic E-state index is 9.84. The van der Waals surface area contributed by atoms with Crippen molar-refractivity contribution in [3.8, 4) is 5.75 Å². The molecule has 2 aromatic rings. The van der Waals surface area contributed by atoms with Crippen molar-refractivity contribution in [2.24, 2.45) is 5.92 Å². The van der Waals surface area contributed by atoms with Gasteiger partial charge in [-0.05, 0) is 42.3 Å². The maximum atomic E-state index is 9.84. The number of aromatic hydroxyl groups is 1. The predicted octanol–water partition coefficient (Wildman–Crippen LogP) is 2.12. The van der Waals surface area contributed by atoms with Crippen molar-refractivity contribution < 1.29 is 10.2 Å². The maximum Gasteiger partial charge on any atom is 0.134 e. The molecule has 4 nitrogen and oxygen atoms in total. The Bertz CT molecular complexity index is 567. The minimum Gasteiger partial charge on any atom is -0.508 e. The van der Waals surface area contributed by atoms with E-state index in [1.807, 2.05) is 12.1 Å². The molecule has 4 heteroatoms. The average Bonchev–Trinajstić information content (AvgIpc) is 3.20.